The molecule has 0 spiro atoms. The van der Waals surface area contributed by atoms with Crippen molar-refractivity contribution in [1.82, 2.24) is 9.88 Å². The van der Waals surface area contributed by atoms with E-state index in [9.17, 15) is 14.0 Å². The van der Waals surface area contributed by atoms with Gasteiger partial charge in [-0.1, -0.05) is 18.2 Å². The molecule has 3 rings (SSSR count). The van der Waals surface area contributed by atoms with E-state index in [2.05, 4.69) is 4.98 Å². The molecule has 0 saturated carbocycles. The van der Waals surface area contributed by atoms with Crippen LogP contribution >= 0.6 is 11.3 Å². The van der Waals surface area contributed by atoms with E-state index in [-0.39, 0.29) is 23.8 Å². The fraction of sp³-hybridized carbons (Fsp3) is 0.261. The topological polar surface area (TPSA) is 68.7 Å². The van der Waals surface area contributed by atoms with Crippen molar-refractivity contribution in [3.8, 4) is 5.75 Å². The third kappa shape index (κ3) is 6.36. The molecule has 6 nitrogen and oxygen atoms in total. The first-order valence-electron chi connectivity index (χ1n) is 9.66. The lowest BCUT2D eigenvalue weighted by Crippen LogP contribution is -2.37. The van der Waals surface area contributed by atoms with Gasteiger partial charge in [0.2, 0.25) is 0 Å². The van der Waals surface area contributed by atoms with Crippen LogP contribution < -0.4 is 4.74 Å². The van der Waals surface area contributed by atoms with Gasteiger partial charge in [0.1, 0.15) is 18.2 Å². The standard InChI is InChI=1S/C23H23FN2O4S/c1-15(22(27)26(3)12-17-6-4-8-19(24)10-17)30-23(28)18-7-5-9-21(11-18)29-13-20-14-31-16(2)25-20/h4-11,14-15H,12-13H2,1-3H3. The molecule has 0 saturated heterocycles. The Bertz CT molecular complexity index is 1070. The molecule has 1 atom stereocenters. The van der Waals surface area contributed by atoms with Gasteiger partial charge in [0, 0.05) is 19.0 Å². The predicted octanol–water partition coefficient (Wildman–Crippen LogP) is 4.37. The summed E-state index contributed by atoms with van der Waals surface area (Å²) in [5.74, 6) is -0.883. The number of carbonyl (C=O) groups is 2. The fourth-order valence-corrected chi connectivity index (χ4v) is 3.52. The smallest absolute Gasteiger partial charge is 0.339 e. The number of halogens is 1. The normalized spacial score (nSPS) is 11.6. The van der Waals surface area contributed by atoms with Crippen LogP contribution in [0, 0.1) is 12.7 Å². The summed E-state index contributed by atoms with van der Waals surface area (Å²) < 4.78 is 24.4. The number of hydrogen-bond donors (Lipinski definition) is 0. The van der Waals surface area contributed by atoms with Crippen molar-refractivity contribution in [3.05, 3.63) is 81.6 Å². The lowest BCUT2D eigenvalue weighted by atomic mass is 10.2. The van der Waals surface area contributed by atoms with Crippen LogP contribution in [0.4, 0.5) is 4.39 Å². The lowest BCUT2D eigenvalue weighted by Gasteiger charge is -2.21. The molecule has 0 radical (unpaired) electrons. The molecule has 0 aliphatic heterocycles. The van der Waals surface area contributed by atoms with Gasteiger partial charge in [0.15, 0.2) is 6.10 Å². The van der Waals surface area contributed by atoms with Crippen LogP contribution in [0.5, 0.6) is 5.75 Å². The molecular weight excluding hydrogens is 419 g/mol. The zero-order chi connectivity index (χ0) is 22.4. The Hall–Kier alpha value is -3.26. The van der Waals surface area contributed by atoms with E-state index in [1.54, 1.807) is 54.8 Å². The number of ether oxygens (including phenoxy) is 2. The first-order chi connectivity index (χ1) is 14.8. The minimum Gasteiger partial charge on any atom is -0.487 e. The average Bonchev–Trinajstić information content (AvgIpc) is 3.17. The summed E-state index contributed by atoms with van der Waals surface area (Å²) >= 11 is 1.54. The third-order valence-electron chi connectivity index (χ3n) is 4.44. The number of nitrogens with zero attached hydrogens (tertiary/aromatic N) is 2. The van der Waals surface area contributed by atoms with Crippen LogP contribution in [0.2, 0.25) is 0 Å². The summed E-state index contributed by atoms with van der Waals surface area (Å²) in [6, 6.07) is 12.6. The number of rotatable bonds is 8. The Morgan fingerprint density at radius 3 is 2.68 bits per heavy atom. The lowest BCUT2D eigenvalue weighted by molar-refractivity contribution is -0.139. The minimum atomic E-state index is -0.992. The highest BCUT2D eigenvalue weighted by molar-refractivity contribution is 7.09. The molecule has 8 heteroatoms. The minimum absolute atomic E-state index is 0.206. The number of carbonyl (C=O) groups excluding carboxylic acids is 2. The summed E-state index contributed by atoms with van der Waals surface area (Å²) in [6.07, 6.45) is -0.992. The van der Waals surface area contributed by atoms with Crippen LogP contribution in [0.1, 0.15) is 33.5 Å². The second-order valence-electron chi connectivity index (χ2n) is 7.05. The van der Waals surface area contributed by atoms with Crippen LogP contribution in [-0.4, -0.2) is 34.9 Å². The Morgan fingerprint density at radius 2 is 1.97 bits per heavy atom. The van der Waals surface area contributed by atoms with E-state index in [0.29, 0.717) is 17.9 Å². The quantitative estimate of drug-likeness (QED) is 0.485. The van der Waals surface area contributed by atoms with Crippen molar-refractivity contribution in [1.29, 1.82) is 0 Å². The largest absolute Gasteiger partial charge is 0.487 e. The van der Waals surface area contributed by atoms with Crippen LogP contribution in [0.15, 0.2) is 53.9 Å². The first kappa shape index (κ1) is 22.4. The van der Waals surface area contributed by atoms with Crippen molar-refractivity contribution >= 4 is 23.2 Å². The van der Waals surface area contributed by atoms with Gasteiger partial charge in [-0.3, -0.25) is 4.79 Å². The highest BCUT2D eigenvalue weighted by Crippen LogP contribution is 2.18. The Morgan fingerprint density at radius 1 is 1.19 bits per heavy atom. The number of likely N-dealkylation sites (N-methyl/N-ethyl adjacent to an activating group) is 1. The number of aromatic nitrogens is 1. The fourth-order valence-electron chi connectivity index (χ4n) is 2.92. The van der Waals surface area contributed by atoms with Gasteiger partial charge in [-0.05, 0) is 49.7 Å². The van der Waals surface area contributed by atoms with Crippen molar-refractivity contribution in [2.75, 3.05) is 7.05 Å². The Balaban J connectivity index is 1.56. The van der Waals surface area contributed by atoms with Gasteiger partial charge in [0.05, 0.1) is 16.3 Å². The summed E-state index contributed by atoms with van der Waals surface area (Å²) in [6.45, 7) is 3.93. The van der Waals surface area contributed by atoms with E-state index < -0.39 is 12.1 Å². The number of thiazole rings is 1. The van der Waals surface area contributed by atoms with E-state index in [4.69, 9.17) is 9.47 Å². The molecule has 0 fully saturated rings. The molecular formula is C23H23FN2O4S. The number of amides is 1. The predicted molar refractivity (Wildman–Crippen MR) is 115 cm³/mol. The highest BCUT2D eigenvalue weighted by atomic mass is 32.1. The Kier molecular flexibility index (Phi) is 7.36. The van der Waals surface area contributed by atoms with Gasteiger partial charge in [-0.15, -0.1) is 11.3 Å². The molecule has 1 aromatic heterocycles. The molecule has 1 amide bonds. The monoisotopic (exact) mass is 442 g/mol. The summed E-state index contributed by atoms with van der Waals surface area (Å²) in [7, 11) is 1.58. The van der Waals surface area contributed by atoms with Gasteiger partial charge in [-0.2, -0.15) is 0 Å². The first-order valence-corrected chi connectivity index (χ1v) is 10.5. The van der Waals surface area contributed by atoms with Crippen molar-refractivity contribution in [3.63, 3.8) is 0 Å². The van der Waals surface area contributed by atoms with Gasteiger partial charge in [-0.25, -0.2) is 14.2 Å². The zero-order valence-corrected chi connectivity index (χ0v) is 18.3. The summed E-state index contributed by atoms with van der Waals surface area (Å²) in [5, 5.41) is 2.87. The molecule has 3 aromatic rings. The van der Waals surface area contributed by atoms with Crippen LogP contribution in [0.3, 0.4) is 0 Å². The van der Waals surface area contributed by atoms with E-state index in [1.165, 1.54) is 24.0 Å². The number of benzene rings is 2. The SMILES string of the molecule is Cc1nc(COc2cccc(C(=O)OC(C)C(=O)N(C)Cc3cccc(F)c3)c2)cs1. The van der Waals surface area contributed by atoms with Crippen molar-refractivity contribution < 1.29 is 23.5 Å². The Labute approximate surface area is 184 Å². The number of hydrogen-bond acceptors (Lipinski definition) is 6. The molecule has 0 aliphatic carbocycles. The summed E-state index contributed by atoms with van der Waals surface area (Å²) in [5.41, 5.74) is 1.74. The molecule has 1 unspecified atom stereocenters. The molecule has 0 bridgehead atoms. The van der Waals surface area contributed by atoms with E-state index in [0.717, 1.165) is 10.7 Å². The molecule has 1 heterocycles. The number of esters is 1. The van der Waals surface area contributed by atoms with Gasteiger partial charge in [0.25, 0.3) is 5.91 Å². The number of aryl methyl sites for hydroxylation is 1. The zero-order valence-electron chi connectivity index (χ0n) is 17.5. The van der Waals surface area contributed by atoms with E-state index in [1.807, 2.05) is 12.3 Å². The maximum atomic E-state index is 13.3. The third-order valence-corrected chi connectivity index (χ3v) is 5.26. The van der Waals surface area contributed by atoms with Gasteiger partial charge < -0.3 is 14.4 Å². The molecule has 0 aliphatic rings. The summed E-state index contributed by atoms with van der Waals surface area (Å²) in [4.78, 5) is 30.8. The van der Waals surface area contributed by atoms with Crippen molar-refractivity contribution in [2.24, 2.45) is 0 Å². The maximum Gasteiger partial charge on any atom is 0.339 e. The van der Waals surface area contributed by atoms with E-state index >= 15 is 0 Å². The average molecular weight is 443 g/mol. The van der Waals surface area contributed by atoms with Crippen LogP contribution in [-0.2, 0) is 22.7 Å². The van der Waals surface area contributed by atoms with Crippen molar-refractivity contribution in [2.45, 2.75) is 33.1 Å². The maximum absolute atomic E-state index is 13.3. The molecule has 162 valence electrons. The highest BCUT2D eigenvalue weighted by Gasteiger charge is 2.22. The molecule has 31 heavy (non-hydrogen) atoms. The molecule has 0 N–H and O–H groups in total. The van der Waals surface area contributed by atoms with Crippen LogP contribution in [0.25, 0.3) is 0 Å². The second-order valence-corrected chi connectivity index (χ2v) is 8.11. The second kappa shape index (κ2) is 10.2. The molecule has 2 aromatic carbocycles. The van der Waals surface area contributed by atoms with Gasteiger partial charge >= 0.3 is 5.97 Å².